The Morgan fingerprint density at radius 1 is 1.16 bits per heavy atom. The molecule has 0 fully saturated rings. The van der Waals surface area contributed by atoms with E-state index in [0.29, 0.717) is 13.0 Å². The molecule has 0 aliphatic rings. The first-order valence-corrected chi connectivity index (χ1v) is 6.43. The van der Waals surface area contributed by atoms with E-state index in [0.717, 1.165) is 18.8 Å². The van der Waals surface area contributed by atoms with Crippen molar-refractivity contribution in [3.8, 4) is 0 Å². The molecule has 1 rings (SSSR count). The van der Waals surface area contributed by atoms with E-state index in [9.17, 15) is 9.59 Å². The van der Waals surface area contributed by atoms with Gasteiger partial charge in [0, 0.05) is 31.7 Å². The van der Waals surface area contributed by atoms with Crippen molar-refractivity contribution in [2.45, 2.75) is 20.3 Å². The largest absolute Gasteiger partial charge is 0.478 e. The van der Waals surface area contributed by atoms with Gasteiger partial charge in [-0.05, 0) is 38.1 Å². The van der Waals surface area contributed by atoms with Gasteiger partial charge in [0.2, 0.25) is 5.91 Å². The highest BCUT2D eigenvalue weighted by atomic mass is 16.4. The molecular formula is C14H20N2O3. The van der Waals surface area contributed by atoms with Gasteiger partial charge in [-0.3, -0.25) is 4.79 Å². The molecule has 0 atom stereocenters. The van der Waals surface area contributed by atoms with E-state index in [2.05, 4.69) is 5.32 Å². The Bertz CT molecular complexity index is 425. The molecule has 0 unspecified atom stereocenters. The summed E-state index contributed by atoms with van der Waals surface area (Å²) in [5.41, 5.74) is 1.07. The van der Waals surface area contributed by atoms with Crippen molar-refractivity contribution in [2.75, 3.05) is 25.0 Å². The van der Waals surface area contributed by atoms with Crippen LogP contribution in [0.1, 0.15) is 30.6 Å². The first-order valence-electron chi connectivity index (χ1n) is 6.43. The number of carboxylic acids is 1. The Hall–Kier alpha value is -2.04. The minimum Gasteiger partial charge on any atom is -0.478 e. The van der Waals surface area contributed by atoms with Crippen LogP contribution in [0.4, 0.5) is 5.69 Å². The van der Waals surface area contributed by atoms with E-state index in [-0.39, 0.29) is 11.5 Å². The zero-order valence-corrected chi connectivity index (χ0v) is 11.3. The lowest BCUT2D eigenvalue weighted by Crippen LogP contribution is -2.31. The first-order chi connectivity index (χ1) is 9.08. The van der Waals surface area contributed by atoms with Crippen LogP contribution in [0.5, 0.6) is 0 Å². The van der Waals surface area contributed by atoms with Crippen LogP contribution in [-0.4, -0.2) is 41.5 Å². The van der Waals surface area contributed by atoms with Gasteiger partial charge < -0.3 is 15.3 Å². The molecule has 0 heterocycles. The normalized spacial score (nSPS) is 10.0. The number of amides is 1. The average Bonchev–Trinajstić information content (AvgIpc) is 2.40. The van der Waals surface area contributed by atoms with Gasteiger partial charge in [-0.15, -0.1) is 0 Å². The first kappa shape index (κ1) is 15.0. The van der Waals surface area contributed by atoms with Gasteiger partial charge in [0.05, 0.1) is 5.56 Å². The third-order valence-electron chi connectivity index (χ3n) is 2.92. The van der Waals surface area contributed by atoms with Gasteiger partial charge in [-0.25, -0.2) is 4.79 Å². The third-order valence-corrected chi connectivity index (χ3v) is 2.92. The fourth-order valence-electron chi connectivity index (χ4n) is 1.78. The SMILES string of the molecule is CCN(CC)C(=O)CCNc1ccc(C(=O)O)cc1. The predicted molar refractivity (Wildman–Crippen MR) is 74.4 cm³/mol. The standard InChI is InChI=1S/C14H20N2O3/c1-3-16(4-2)13(17)9-10-15-12-7-5-11(6-8-12)14(18)19/h5-8,15H,3-4,9-10H2,1-2H3,(H,18,19). The van der Waals surface area contributed by atoms with Crippen LogP contribution < -0.4 is 5.32 Å². The van der Waals surface area contributed by atoms with Gasteiger partial charge in [0.15, 0.2) is 0 Å². The van der Waals surface area contributed by atoms with Gasteiger partial charge in [-0.2, -0.15) is 0 Å². The molecule has 104 valence electrons. The summed E-state index contributed by atoms with van der Waals surface area (Å²) in [6.45, 7) is 5.91. The van der Waals surface area contributed by atoms with Crippen LogP contribution in [-0.2, 0) is 4.79 Å². The monoisotopic (exact) mass is 264 g/mol. The minimum absolute atomic E-state index is 0.125. The maximum atomic E-state index is 11.7. The molecule has 0 spiro atoms. The highest BCUT2D eigenvalue weighted by molar-refractivity contribution is 5.88. The van der Waals surface area contributed by atoms with Crippen molar-refractivity contribution in [3.63, 3.8) is 0 Å². The highest BCUT2D eigenvalue weighted by Crippen LogP contribution is 2.09. The maximum absolute atomic E-state index is 11.7. The molecule has 5 nitrogen and oxygen atoms in total. The van der Waals surface area contributed by atoms with E-state index < -0.39 is 5.97 Å². The molecule has 2 N–H and O–H groups in total. The van der Waals surface area contributed by atoms with E-state index >= 15 is 0 Å². The number of carbonyl (C=O) groups excluding carboxylic acids is 1. The van der Waals surface area contributed by atoms with Crippen molar-refractivity contribution in [1.82, 2.24) is 4.90 Å². The van der Waals surface area contributed by atoms with Gasteiger partial charge in [0.25, 0.3) is 0 Å². The zero-order chi connectivity index (χ0) is 14.3. The second-order valence-corrected chi connectivity index (χ2v) is 4.13. The number of rotatable bonds is 7. The summed E-state index contributed by atoms with van der Waals surface area (Å²) in [6.07, 6.45) is 0.433. The molecule has 0 aliphatic heterocycles. The summed E-state index contributed by atoms with van der Waals surface area (Å²) >= 11 is 0. The second-order valence-electron chi connectivity index (χ2n) is 4.13. The Labute approximate surface area is 113 Å². The zero-order valence-electron chi connectivity index (χ0n) is 11.3. The number of nitrogens with one attached hydrogen (secondary N) is 1. The third kappa shape index (κ3) is 4.62. The summed E-state index contributed by atoms with van der Waals surface area (Å²) in [6, 6.07) is 6.48. The Balaban J connectivity index is 2.41. The number of hydrogen-bond donors (Lipinski definition) is 2. The van der Waals surface area contributed by atoms with E-state index in [1.807, 2.05) is 13.8 Å². The van der Waals surface area contributed by atoms with E-state index in [4.69, 9.17) is 5.11 Å². The molecule has 0 saturated carbocycles. The Kier molecular flexibility index (Phi) is 5.85. The van der Waals surface area contributed by atoms with E-state index in [1.165, 1.54) is 12.1 Å². The number of anilines is 1. The lowest BCUT2D eigenvalue weighted by atomic mass is 10.2. The van der Waals surface area contributed by atoms with Crippen molar-refractivity contribution >= 4 is 17.6 Å². The van der Waals surface area contributed by atoms with Crippen molar-refractivity contribution in [2.24, 2.45) is 0 Å². The molecule has 0 radical (unpaired) electrons. The number of carbonyl (C=O) groups is 2. The predicted octanol–water partition coefficient (Wildman–Crippen LogP) is 2.06. The molecule has 1 aromatic rings. The minimum atomic E-state index is -0.941. The molecular weight excluding hydrogens is 244 g/mol. The second kappa shape index (κ2) is 7.41. The molecule has 0 saturated heterocycles. The topological polar surface area (TPSA) is 69.6 Å². The molecule has 1 amide bonds. The molecule has 0 aliphatic carbocycles. The smallest absolute Gasteiger partial charge is 0.335 e. The summed E-state index contributed by atoms with van der Waals surface area (Å²) in [5, 5.41) is 11.9. The molecule has 0 aromatic heterocycles. The van der Waals surface area contributed by atoms with Gasteiger partial charge >= 0.3 is 5.97 Å². The fourth-order valence-corrected chi connectivity index (χ4v) is 1.78. The number of aromatic carboxylic acids is 1. The van der Waals surface area contributed by atoms with Crippen molar-refractivity contribution < 1.29 is 14.7 Å². The fraction of sp³-hybridized carbons (Fsp3) is 0.429. The number of carboxylic acid groups (broad SMARTS) is 1. The van der Waals surface area contributed by atoms with Crippen LogP contribution in [0.2, 0.25) is 0 Å². The Morgan fingerprint density at radius 2 is 1.74 bits per heavy atom. The van der Waals surface area contributed by atoms with Crippen molar-refractivity contribution in [3.05, 3.63) is 29.8 Å². The van der Waals surface area contributed by atoms with Crippen LogP contribution in [0.3, 0.4) is 0 Å². The average molecular weight is 264 g/mol. The molecule has 1 aromatic carbocycles. The summed E-state index contributed by atoms with van der Waals surface area (Å²) in [7, 11) is 0. The lowest BCUT2D eigenvalue weighted by Gasteiger charge is -2.18. The number of nitrogens with zero attached hydrogens (tertiary/aromatic N) is 1. The lowest BCUT2D eigenvalue weighted by molar-refractivity contribution is -0.130. The van der Waals surface area contributed by atoms with E-state index in [1.54, 1.807) is 17.0 Å². The number of hydrogen-bond acceptors (Lipinski definition) is 3. The van der Waals surface area contributed by atoms with Gasteiger partial charge in [0.1, 0.15) is 0 Å². The summed E-state index contributed by atoms with van der Waals surface area (Å²) in [5.74, 6) is -0.817. The Morgan fingerprint density at radius 3 is 2.21 bits per heavy atom. The summed E-state index contributed by atoms with van der Waals surface area (Å²) in [4.78, 5) is 24.2. The van der Waals surface area contributed by atoms with Crippen LogP contribution in [0, 0.1) is 0 Å². The highest BCUT2D eigenvalue weighted by Gasteiger charge is 2.08. The molecule has 5 heteroatoms. The quantitative estimate of drug-likeness (QED) is 0.791. The van der Waals surface area contributed by atoms with Crippen LogP contribution in [0.25, 0.3) is 0 Å². The molecule has 0 bridgehead atoms. The van der Waals surface area contributed by atoms with Crippen LogP contribution >= 0.6 is 0 Å². The molecule has 19 heavy (non-hydrogen) atoms. The summed E-state index contributed by atoms with van der Waals surface area (Å²) < 4.78 is 0. The van der Waals surface area contributed by atoms with Crippen LogP contribution in [0.15, 0.2) is 24.3 Å². The number of benzene rings is 1. The van der Waals surface area contributed by atoms with Crippen molar-refractivity contribution in [1.29, 1.82) is 0 Å². The maximum Gasteiger partial charge on any atom is 0.335 e. The van der Waals surface area contributed by atoms with Gasteiger partial charge in [-0.1, -0.05) is 0 Å².